The van der Waals surface area contributed by atoms with Crippen LogP contribution in [-0.4, -0.2) is 49.9 Å². The van der Waals surface area contributed by atoms with Crippen molar-refractivity contribution in [2.24, 2.45) is 5.92 Å². The minimum atomic E-state index is -3.93. The number of hydrogen-bond donors (Lipinski definition) is 1. The first kappa shape index (κ1) is 35.6. The van der Waals surface area contributed by atoms with Gasteiger partial charge in [-0.2, -0.15) is 4.31 Å². The van der Waals surface area contributed by atoms with Crippen LogP contribution >= 0.6 is 0 Å². The van der Waals surface area contributed by atoms with Gasteiger partial charge in [0.15, 0.2) is 11.5 Å². The molecule has 0 bridgehead atoms. The zero-order valence-corrected chi connectivity index (χ0v) is 29.9. The highest BCUT2D eigenvalue weighted by Crippen LogP contribution is 2.41. The molecule has 5 aromatic rings. The van der Waals surface area contributed by atoms with Crippen molar-refractivity contribution < 1.29 is 27.4 Å². The number of amides is 1. The Bertz CT molecular complexity index is 2010. The van der Waals surface area contributed by atoms with Crippen molar-refractivity contribution >= 4 is 21.7 Å². The molecule has 2 aromatic heterocycles. The Balaban J connectivity index is 1.20. The molecule has 2 heterocycles. The lowest BCUT2D eigenvalue weighted by Gasteiger charge is -2.23. The molecular formula is C40H42N4O6S. The summed E-state index contributed by atoms with van der Waals surface area (Å²) in [6, 6.07) is 25.6. The summed E-state index contributed by atoms with van der Waals surface area (Å²) in [7, 11) is 0.722. The van der Waals surface area contributed by atoms with Gasteiger partial charge >= 0.3 is 0 Å². The molecular weight excluding hydrogens is 665 g/mol. The normalized spacial score (nSPS) is 13.5. The lowest BCUT2D eigenvalue weighted by Crippen LogP contribution is -2.30. The summed E-state index contributed by atoms with van der Waals surface area (Å²) in [6.45, 7) is 0.293. The fourth-order valence-corrected chi connectivity index (χ4v) is 7.79. The minimum absolute atomic E-state index is 0.0413. The minimum Gasteiger partial charge on any atom is -0.493 e. The quantitative estimate of drug-likeness (QED) is 0.132. The molecule has 1 fully saturated rings. The second kappa shape index (κ2) is 16.2. The SMILES string of the molecule is COc1cc(-c2ccc(S(=O)(=O)N(Cc3ccc(-c4ccc(NC(=O)C5CCCCC5)nc4)cc3)Cc3cccnc3)cc2)cc(OC)c1OC. The fraction of sp³-hybridized carbons (Fsp3) is 0.275. The molecule has 1 N–H and O–H groups in total. The van der Waals surface area contributed by atoms with Crippen LogP contribution in [-0.2, 0) is 27.9 Å². The number of methoxy groups -OCH3 is 3. The average Bonchev–Trinajstić information content (AvgIpc) is 3.18. The summed E-state index contributed by atoms with van der Waals surface area (Å²) in [5.74, 6) is 2.12. The number of ether oxygens (including phenoxy) is 3. The number of benzene rings is 3. The summed E-state index contributed by atoms with van der Waals surface area (Å²) in [6.07, 6.45) is 10.3. The van der Waals surface area contributed by atoms with Gasteiger partial charge in [-0.15, -0.1) is 0 Å². The number of sulfonamides is 1. The zero-order valence-electron chi connectivity index (χ0n) is 29.0. The highest BCUT2D eigenvalue weighted by molar-refractivity contribution is 7.89. The molecule has 0 atom stereocenters. The first-order valence-electron chi connectivity index (χ1n) is 16.9. The van der Waals surface area contributed by atoms with Gasteiger partial charge in [0.2, 0.25) is 21.7 Å². The smallest absolute Gasteiger partial charge is 0.243 e. The van der Waals surface area contributed by atoms with E-state index in [2.05, 4.69) is 15.3 Å². The number of aromatic nitrogens is 2. The van der Waals surface area contributed by atoms with Gasteiger partial charge in [-0.3, -0.25) is 9.78 Å². The number of anilines is 1. The standard InChI is InChI=1S/C40H42N4O6S/c1-48-36-22-34(23-37(49-2)39(36)50-3)31-15-18-35(19-16-31)51(46,47)44(27-29-8-7-21-41-24-29)26-28-11-13-30(14-12-28)33-17-20-38(42-25-33)43-40(45)32-9-5-4-6-10-32/h7-8,11-25,32H,4-6,9-10,26-27H2,1-3H3,(H,42,43,45). The monoisotopic (exact) mass is 706 g/mol. The maximum absolute atomic E-state index is 14.2. The maximum Gasteiger partial charge on any atom is 0.243 e. The molecule has 6 rings (SSSR count). The molecule has 1 amide bonds. The van der Waals surface area contributed by atoms with Crippen LogP contribution in [0.3, 0.4) is 0 Å². The van der Waals surface area contributed by atoms with Crippen LogP contribution in [0.15, 0.2) is 108 Å². The Hall–Kier alpha value is -5.26. The topological polar surface area (TPSA) is 120 Å². The third-order valence-corrected chi connectivity index (χ3v) is 11.0. The molecule has 1 aliphatic rings. The van der Waals surface area contributed by atoms with Gasteiger partial charge < -0.3 is 19.5 Å². The summed E-state index contributed by atoms with van der Waals surface area (Å²) < 4.78 is 46.3. The summed E-state index contributed by atoms with van der Waals surface area (Å²) in [5, 5.41) is 2.96. The highest BCUT2D eigenvalue weighted by Gasteiger charge is 2.26. The van der Waals surface area contributed by atoms with Gasteiger partial charge in [0, 0.05) is 43.2 Å². The first-order chi connectivity index (χ1) is 24.8. The van der Waals surface area contributed by atoms with Gasteiger partial charge in [-0.05, 0) is 83.1 Å². The number of carbonyl (C=O) groups excluding carboxylic acids is 1. The molecule has 1 saturated carbocycles. The van der Waals surface area contributed by atoms with E-state index in [0.717, 1.165) is 59.1 Å². The van der Waals surface area contributed by atoms with Crippen molar-refractivity contribution in [1.29, 1.82) is 0 Å². The highest BCUT2D eigenvalue weighted by atomic mass is 32.2. The molecule has 0 saturated heterocycles. The number of pyridine rings is 2. The number of nitrogens with zero attached hydrogens (tertiary/aromatic N) is 3. The zero-order chi connectivity index (χ0) is 35.8. The van der Waals surface area contributed by atoms with Crippen molar-refractivity contribution in [3.8, 4) is 39.5 Å². The van der Waals surface area contributed by atoms with Crippen LogP contribution in [0.1, 0.15) is 43.2 Å². The second-order valence-corrected chi connectivity index (χ2v) is 14.5. The molecule has 10 nitrogen and oxygen atoms in total. The average molecular weight is 707 g/mol. The van der Waals surface area contributed by atoms with E-state index < -0.39 is 10.0 Å². The van der Waals surface area contributed by atoms with E-state index >= 15 is 0 Å². The predicted octanol–water partition coefficient (Wildman–Crippen LogP) is 7.75. The lowest BCUT2D eigenvalue weighted by atomic mass is 9.89. The number of hydrogen-bond acceptors (Lipinski definition) is 8. The summed E-state index contributed by atoms with van der Waals surface area (Å²) in [5.41, 5.74) is 4.99. The van der Waals surface area contributed by atoms with Crippen LogP contribution in [0.25, 0.3) is 22.3 Å². The number of carbonyl (C=O) groups is 1. The van der Waals surface area contributed by atoms with Crippen molar-refractivity contribution in [3.05, 3.63) is 115 Å². The third-order valence-electron chi connectivity index (χ3n) is 9.21. The van der Waals surface area contributed by atoms with Gasteiger partial charge in [0.25, 0.3) is 0 Å². The van der Waals surface area contributed by atoms with Crippen LogP contribution < -0.4 is 19.5 Å². The van der Waals surface area contributed by atoms with Gasteiger partial charge in [-0.1, -0.05) is 61.7 Å². The molecule has 51 heavy (non-hydrogen) atoms. The van der Waals surface area contributed by atoms with E-state index in [0.29, 0.717) is 23.1 Å². The lowest BCUT2D eigenvalue weighted by molar-refractivity contribution is -0.120. The molecule has 1 aliphatic carbocycles. The van der Waals surface area contributed by atoms with E-state index in [1.54, 1.807) is 70.3 Å². The van der Waals surface area contributed by atoms with Crippen LogP contribution in [0.5, 0.6) is 17.2 Å². The van der Waals surface area contributed by atoms with Gasteiger partial charge in [0.1, 0.15) is 5.82 Å². The van der Waals surface area contributed by atoms with Crippen molar-refractivity contribution in [1.82, 2.24) is 14.3 Å². The Morgan fingerprint density at radius 2 is 1.37 bits per heavy atom. The second-order valence-electron chi connectivity index (χ2n) is 12.5. The molecule has 0 aliphatic heterocycles. The van der Waals surface area contributed by atoms with Crippen molar-refractivity contribution in [3.63, 3.8) is 0 Å². The molecule has 11 heteroatoms. The largest absolute Gasteiger partial charge is 0.493 e. The predicted molar refractivity (Wildman–Crippen MR) is 197 cm³/mol. The van der Waals surface area contributed by atoms with Gasteiger partial charge in [0.05, 0.1) is 26.2 Å². The van der Waals surface area contributed by atoms with Crippen LogP contribution in [0, 0.1) is 5.92 Å². The summed E-state index contributed by atoms with van der Waals surface area (Å²) >= 11 is 0. The molecule has 3 aromatic carbocycles. The Morgan fingerprint density at radius 3 is 1.96 bits per heavy atom. The molecule has 0 spiro atoms. The Kier molecular flexibility index (Phi) is 11.3. The Labute approximate surface area is 299 Å². The first-order valence-corrected chi connectivity index (χ1v) is 18.4. The maximum atomic E-state index is 14.2. The van der Waals surface area contributed by atoms with Crippen molar-refractivity contribution in [2.75, 3.05) is 26.6 Å². The third kappa shape index (κ3) is 8.38. The van der Waals surface area contributed by atoms with Gasteiger partial charge in [-0.25, -0.2) is 13.4 Å². The van der Waals surface area contributed by atoms with E-state index in [-0.39, 0.29) is 29.8 Å². The van der Waals surface area contributed by atoms with E-state index in [1.165, 1.54) is 10.7 Å². The van der Waals surface area contributed by atoms with E-state index in [4.69, 9.17) is 14.2 Å². The van der Waals surface area contributed by atoms with Crippen LogP contribution in [0.2, 0.25) is 0 Å². The van der Waals surface area contributed by atoms with Crippen LogP contribution in [0.4, 0.5) is 5.82 Å². The van der Waals surface area contributed by atoms with Crippen molar-refractivity contribution in [2.45, 2.75) is 50.1 Å². The number of nitrogens with one attached hydrogen (secondary N) is 1. The van der Waals surface area contributed by atoms with E-state index in [1.807, 2.05) is 54.6 Å². The summed E-state index contributed by atoms with van der Waals surface area (Å²) in [4.78, 5) is 21.5. The molecule has 0 radical (unpaired) electrons. The fourth-order valence-electron chi connectivity index (χ4n) is 6.38. The molecule has 0 unspecified atom stereocenters. The Morgan fingerprint density at radius 1 is 0.745 bits per heavy atom. The number of rotatable bonds is 13. The molecule has 264 valence electrons. The van der Waals surface area contributed by atoms with E-state index in [9.17, 15) is 13.2 Å².